The number of hydrogen-bond acceptors (Lipinski definition) is 3. The first-order valence-corrected chi connectivity index (χ1v) is 5.68. The Morgan fingerprint density at radius 2 is 1.88 bits per heavy atom. The Balaban J connectivity index is 2.56. The summed E-state index contributed by atoms with van der Waals surface area (Å²) in [4.78, 5) is 0. The summed E-state index contributed by atoms with van der Waals surface area (Å²) in [6.07, 6.45) is 1.07. The van der Waals surface area contributed by atoms with Crippen LogP contribution in [0.3, 0.4) is 0 Å². The second-order valence-corrected chi connectivity index (χ2v) is 3.68. The lowest BCUT2D eigenvalue weighted by atomic mass is 10.0. The molecule has 1 atom stereocenters. The van der Waals surface area contributed by atoms with E-state index in [0.29, 0.717) is 6.04 Å². The molecule has 3 nitrogen and oxygen atoms in total. The van der Waals surface area contributed by atoms with E-state index in [1.54, 1.807) is 14.2 Å². The maximum Gasteiger partial charge on any atom is 0.118 e. The zero-order valence-corrected chi connectivity index (χ0v) is 10.3. The lowest BCUT2D eigenvalue weighted by Gasteiger charge is -2.17. The molecule has 0 spiro atoms. The van der Waals surface area contributed by atoms with E-state index in [2.05, 4.69) is 24.4 Å². The van der Waals surface area contributed by atoms with Gasteiger partial charge in [0.2, 0.25) is 0 Å². The van der Waals surface area contributed by atoms with Gasteiger partial charge < -0.3 is 14.8 Å². The van der Waals surface area contributed by atoms with Gasteiger partial charge in [-0.15, -0.1) is 0 Å². The lowest BCUT2D eigenvalue weighted by molar-refractivity contribution is 0.195. The van der Waals surface area contributed by atoms with Gasteiger partial charge in [-0.1, -0.05) is 19.1 Å². The molecule has 0 radical (unpaired) electrons. The van der Waals surface area contributed by atoms with Gasteiger partial charge in [-0.3, -0.25) is 0 Å². The minimum Gasteiger partial charge on any atom is -0.497 e. The van der Waals surface area contributed by atoms with Crippen molar-refractivity contribution in [3.63, 3.8) is 0 Å². The topological polar surface area (TPSA) is 30.5 Å². The molecule has 0 amide bonds. The summed E-state index contributed by atoms with van der Waals surface area (Å²) in [5.74, 6) is 0.899. The first-order valence-electron chi connectivity index (χ1n) is 5.68. The summed E-state index contributed by atoms with van der Waals surface area (Å²) in [6.45, 7) is 3.79. The van der Waals surface area contributed by atoms with Gasteiger partial charge in [-0.2, -0.15) is 0 Å². The van der Waals surface area contributed by atoms with Gasteiger partial charge >= 0.3 is 0 Å². The number of rotatable bonds is 7. The van der Waals surface area contributed by atoms with Crippen LogP contribution in [0.15, 0.2) is 24.3 Å². The van der Waals surface area contributed by atoms with E-state index in [0.717, 1.165) is 25.3 Å². The molecule has 0 aliphatic heterocycles. The van der Waals surface area contributed by atoms with Crippen LogP contribution >= 0.6 is 0 Å². The van der Waals surface area contributed by atoms with E-state index in [4.69, 9.17) is 9.47 Å². The SMILES string of the molecule is CCC(NCCOC)c1ccc(OC)cc1. The molecule has 1 aromatic rings. The molecular formula is C13H21NO2. The number of nitrogens with one attached hydrogen (secondary N) is 1. The molecule has 0 heterocycles. The summed E-state index contributed by atoms with van der Waals surface area (Å²) in [6, 6.07) is 8.59. The Kier molecular flexibility index (Phi) is 5.90. The lowest BCUT2D eigenvalue weighted by Crippen LogP contribution is -2.24. The van der Waals surface area contributed by atoms with Crippen molar-refractivity contribution in [1.82, 2.24) is 5.32 Å². The molecule has 1 rings (SSSR count). The minimum absolute atomic E-state index is 0.390. The average Bonchev–Trinajstić information content (AvgIpc) is 2.35. The largest absolute Gasteiger partial charge is 0.497 e. The first-order chi connectivity index (χ1) is 7.81. The van der Waals surface area contributed by atoms with Gasteiger partial charge in [0.05, 0.1) is 13.7 Å². The number of ether oxygens (including phenoxy) is 2. The van der Waals surface area contributed by atoms with Crippen LogP contribution in [-0.4, -0.2) is 27.4 Å². The molecule has 0 aromatic heterocycles. The fraction of sp³-hybridized carbons (Fsp3) is 0.538. The van der Waals surface area contributed by atoms with E-state index in [-0.39, 0.29) is 0 Å². The molecule has 1 aromatic carbocycles. The van der Waals surface area contributed by atoms with E-state index in [9.17, 15) is 0 Å². The fourth-order valence-corrected chi connectivity index (χ4v) is 1.67. The standard InChI is InChI=1S/C13H21NO2/c1-4-13(14-9-10-15-2)11-5-7-12(16-3)8-6-11/h5-8,13-14H,4,9-10H2,1-3H3. The van der Waals surface area contributed by atoms with Crippen LogP contribution in [0.5, 0.6) is 5.75 Å². The van der Waals surface area contributed by atoms with Gasteiger partial charge in [0.25, 0.3) is 0 Å². The van der Waals surface area contributed by atoms with Crippen LogP contribution in [0.1, 0.15) is 24.9 Å². The molecule has 0 saturated carbocycles. The van der Waals surface area contributed by atoms with E-state index < -0.39 is 0 Å². The summed E-state index contributed by atoms with van der Waals surface area (Å²) in [5, 5.41) is 3.46. The molecule has 16 heavy (non-hydrogen) atoms. The van der Waals surface area contributed by atoms with Crippen LogP contribution in [0, 0.1) is 0 Å². The summed E-state index contributed by atoms with van der Waals surface area (Å²) in [7, 11) is 3.40. The predicted octanol–water partition coefficient (Wildman–Crippen LogP) is 2.38. The molecule has 1 unspecified atom stereocenters. The molecule has 0 saturated heterocycles. The predicted molar refractivity (Wildman–Crippen MR) is 65.9 cm³/mol. The maximum atomic E-state index is 5.14. The van der Waals surface area contributed by atoms with Gasteiger partial charge in [0.1, 0.15) is 5.75 Å². The van der Waals surface area contributed by atoms with Crippen LogP contribution in [-0.2, 0) is 4.74 Å². The maximum absolute atomic E-state index is 5.14. The Labute approximate surface area is 97.8 Å². The van der Waals surface area contributed by atoms with Crippen molar-refractivity contribution in [3.05, 3.63) is 29.8 Å². The molecular weight excluding hydrogens is 202 g/mol. The molecule has 3 heteroatoms. The minimum atomic E-state index is 0.390. The van der Waals surface area contributed by atoms with Crippen molar-refractivity contribution in [3.8, 4) is 5.75 Å². The Morgan fingerprint density at radius 3 is 2.38 bits per heavy atom. The summed E-state index contributed by atoms with van der Waals surface area (Å²) in [5.41, 5.74) is 1.29. The van der Waals surface area contributed by atoms with Crippen molar-refractivity contribution in [2.75, 3.05) is 27.4 Å². The highest BCUT2D eigenvalue weighted by molar-refractivity contribution is 5.29. The Bertz CT molecular complexity index is 284. The highest BCUT2D eigenvalue weighted by Gasteiger charge is 2.07. The molecule has 0 aliphatic rings. The summed E-state index contributed by atoms with van der Waals surface area (Å²) < 4.78 is 10.2. The second kappa shape index (κ2) is 7.25. The zero-order chi connectivity index (χ0) is 11.8. The quantitative estimate of drug-likeness (QED) is 0.720. The number of benzene rings is 1. The molecule has 0 fully saturated rings. The van der Waals surface area contributed by atoms with Crippen molar-refractivity contribution in [1.29, 1.82) is 0 Å². The molecule has 90 valence electrons. The zero-order valence-electron chi connectivity index (χ0n) is 10.3. The third-order valence-corrected chi connectivity index (χ3v) is 2.62. The van der Waals surface area contributed by atoms with Crippen molar-refractivity contribution < 1.29 is 9.47 Å². The van der Waals surface area contributed by atoms with E-state index >= 15 is 0 Å². The fourth-order valence-electron chi connectivity index (χ4n) is 1.67. The van der Waals surface area contributed by atoms with Crippen LogP contribution in [0.4, 0.5) is 0 Å². The average molecular weight is 223 g/mol. The molecule has 0 aliphatic carbocycles. The normalized spacial score (nSPS) is 12.4. The van der Waals surface area contributed by atoms with Crippen molar-refractivity contribution >= 4 is 0 Å². The first kappa shape index (κ1) is 13.0. The van der Waals surface area contributed by atoms with E-state index in [1.807, 2.05) is 12.1 Å². The Hall–Kier alpha value is -1.06. The van der Waals surface area contributed by atoms with E-state index in [1.165, 1.54) is 5.56 Å². The second-order valence-electron chi connectivity index (χ2n) is 3.68. The number of hydrogen-bond donors (Lipinski definition) is 1. The Morgan fingerprint density at radius 1 is 1.19 bits per heavy atom. The molecule has 0 bridgehead atoms. The van der Waals surface area contributed by atoms with Crippen molar-refractivity contribution in [2.45, 2.75) is 19.4 Å². The molecule has 1 N–H and O–H groups in total. The van der Waals surface area contributed by atoms with Crippen LogP contribution in [0.25, 0.3) is 0 Å². The van der Waals surface area contributed by atoms with Gasteiger partial charge in [-0.05, 0) is 24.1 Å². The van der Waals surface area contributed by atoms with Crippen LogP contribution in [0.2, 0.25) is 0 Å². The number of methoxy groups -OCH3 is 2. The van der Waals surface area contributed by atoms with Gasteiger partial charge in [0, 0.05) is 19.7 Å². The van der Waals surface area contributed by atoms with Crippen LogP contribution < -0.4 is 10.1 Å². The van der Waals surface area contributed by atoms with Gasteiger partial charge in [0.15, 0.2) is 0 Å². The highest BCUT2D eigenvalue weighted by Crippen LogP contribution is 2.19. The third-order valence-electron chi connectivity index (χ3n) is 2.62. The third kappa shape index (κ3) is 3.83. The monoisotopic (exact) mass is 223 g/mol. The smallest absolute Gasteiger partial charge is 0.118 e. The highest BCUT2D eigenvalue weighted by atomic mass is 16.5. The van der Waals surface area contributed by atoms with Crippen molar-refractivity contribution in [2.24, 2.45) is 0 Å². The summed E-state index contributed by atoms with van der Waals surface area (Å²) >= 11 is 0. The van der Waals surface area contributed by atoms with Gasteiger partial charge in [-0.25, -0.2) is 0 Å².